The molecule has 6 nitrogen and oxygen atoms in total. The number of carbonyl (C=O) groups excluding carboxylic acids is 2. The summed E-state index contributed by atoms with van der Waals surface area (Å²) in [5.74, 6) is -0.788. The van der Waals surface area contributed by atoms with Crippen LogP contribution in [0.5, 0.6) is 0 Å². The van der Waals surface area contributed by atoms with Crippen molar-refractivity contribution in [3.8, 4) is 0 Å². The van der Waals surface area contributed by atoms with Crippen molar-refractivity contribution < 1.29 is 18.7 Å². The van der Waals surface area contributed by atoms with Crippen LogP contribution < -0.4 is 10.6 Å². The Morgan fingerprint density at radius 3 is 2.60 bits per heavy atom. The Balaban J connectivity index is 1.57. The Bertz CT molecular complexity index is 1030. The summed E-state index contributed by atoms with van der Waals surface area (Å²) in [6.07, 6.45) is 0.855. The summed E-state index contributed by atoms with van der Waals surface area (Å²) in [4.78, 5) is 28.9. The Labute approximate surface area is 178 Å². The van der Waals surface area contributed by atoms with Crippen LogP contribution in [0, 0.1) is 5.82 Å². The first-order valence-electron chi connectivity index (χ1n) is 9.63. The number of ether oxygens (including phenoxy) is 1. The summed E-state index contributed by atoms with van der Waals surface area (Å²) in [5.41, 5.74) is 0.740. The minimum absolute atomic E-state index is 0.186. The molecule has 3 rings (SSSR count). The first kappa shape index (κ1) is 21.7. The number of rotatable bonds is 6. The average molecular weight is 430 g/mol. The molecule has 0 fully saturated rings. The number of halogens is 1. The van der Waals surface area contributed by atoms with Gasteiger partial charge in [0.1, 0.15) is 11.4 Å². The van der Waals surface area contributed by atoms with Crippen LogP contribution in [0.15, 0.2) is 42.5 Å². The van der Waals surface area contributed by atoms with Crippen LogP contribution >= 0.6 is 11.3 Å². The second-order valence-corrected chi connectivity index (χ2v) is 8.91. The fourth-order valence-electron chi connectivity index (χ4n) is 2.78. The summed E-state index contributed by atoms with van der Waals surface area (Å²) in [6, 6.07) is 11.7. The van der Waals surface area contributed by atoms with Crippen molar-refractivity contribution in [3.63, 3.8) is 0 Å². The Morgan fingerprint density at radius 2 is 1.87 bits per heavy atom. The zero-order valence-electron chi connectivity index (χ0n) is 17.1. The molecule has 0 aliphatic rings. The quantitative estimate of drug-likeness (QED) is 0.523. The highest BCUT2D eigenvalue weighted by molar-refractivity contribution is 7.18. The second-order valence-electron chi connectivity index (χ2n) is 7.79. The Morgan fingerprint density at radius 1 is 1.10 bits per heavy atom. The van der Waals surface area contributed by atoms with Crippen molar-refractivity contribution in [1.29, 1.82) is 0 Å². The van der Waals surface area contributed by atoms with E-state index in [1.165, 1.54) is 12.1 Å². The third-order valence-corrected chi connectivity index (χ3v) is 5.12. The number of hydrogen-bond acceptors (Lipinski definition) is 5. The van der Waals surface area contributed by atoms with Gasteiger partial charge in [-0.3, -0.25) is 10.1 Å². The lowest BCUT2D eigenvalue weighted by Gasteiger charge is -2.20. The molecule has 1 heterocycles. The highest BCUT2D eigenvalue weighted by Gasteiger charge is 2.18. The Hall–Kier alpha value is -3.00. The molecule has 2 amide bonds. The maximum absolute atomic E-state index is 13.7. The van der Waals surface area contributed by atoms with Gasteiger partial charge in [-0.2, -0.15) is 0 Å². The topological polar surface area (TPSA) is 80.3 Å². The van der Waals surface area contributed by atoms with E-state index in [1.807, 2.05) is 24.3 Å². The third kappa shape index (κ3) is 6.25. The van der Waals surface area contributed by atoms with Crippen molar-refractivity contribution in [2.75, 3.05) is 10.6 Å². The van der Waals surface area contributed by atoms with Crippen molar-refractivity contribution >= 4 is 44.9 Å². The highest BCUT2D eigenvalue weighted by atomic mass is 32.1. The molecule has 0 unspecified atom stereocenters. The lowest BCUT2D eigenvalue weighted by molar-refractivity contribution is -0.116. The molecule has 0 atom stereocenters. The number of nitrogens with one attached hydrogen (secondary N) is 2. The zero-order valence-corrected chi connectivity index (χ0v) is 17.9. The van der Waals surface area contributed by atoms with Crippen LogP contribution in [-0.2, 0) is 16.0 Å². The fourth-order valence-corrected chi connectivity index (χ4v) is 3.79. The average Bonchev–Trinajstić information content (AvgIpc) is 3.05. The first-order chi connectivity index (χ1) is 14.2. The van der Waals surface area contributed by atoms with E-state index in [2.05, 4.69) is 15.6 Å². The monoisotopic (exact) mass is 429 g/mol. The molecule has 158 valence electrons. The van der Waals surface area contributed by atoms with Gasteiger partial charge in [0.2, 0.25) is 5.91 Å². The minimum Gasteiger partial charge on any atom is -0.444 e. The van der Waals surface area contributed by atoms with Crippen LogP contribution in [0.1, 0.15) is 38.6 Å². The summed E-state index contributed by atoms with van der Waals surface area (Å²) in [6.45, 7) is 5.22. The molecule has 0 bridgehead atoms. The molecule has 0 saturated carbocycles. The number of aromatic nitrogens is 1. The molecule has 30 heavy (non-hydrogen) atoms. The van der Waals surface area contributed by atoms with E-state index < -0.39 is 17.5 Å². The molecule has 0 radical (unpaired) electrons. The van der Waals surface area contributed by atoms with Crippen LogP contribution in [0.4, 0.5) is 20.6 Å². The van der Waals surface area contributed by atoms with E-state index in [0.29, 0.717) is 12.8 Å². The van der Waals surface area contributed by atoms with Gasteiger partial charge < -0.3 is 10.1 Å². The Kier molecular flexibility index (Phi) is 6.66. The lowest BCUT2D eigenvalue weighted by Crippen LogP contribution is -2.27. The third-order valence-electron chi connectivity index (χ3n) is 4.02. The van der Waals surface area contributed by atoms with E-state index in [4.69, 9.17) is 4.74 Å². The number of thiazole rings is 1. The zero-order chi connectivity index (χ0) is 21.7. The lowest BCUT2D eigenvalue weighted by atomic mass is 10.2. The molecule has 3 aromatic rings. The number of aryl methyl sites for hydroxylation is 1. The first-order valence-corrected chi connectivity index (χ1v) is 10.4. The summed E-state index contributed by atoms with van der Waals surface area (Å²) < 4.78 is 20.0. The van der Waals surface area contributed by atoms with Gasteiger partial charge in [-0.25, -0.2) is 14.2 Å². The number of anilines is 2. The largest absolute Gasteiger partial charge is 0.444 e. The predicted octanol–water partition coefficient (Wildman–Crippen LogP) is 5.74. The molecular formula is C22H24FN3O3S. The second kappa shape index (κ2) is 9.21. The summed E-state index contributed by atoms with van der Waals surface area (Å²) >= 11 is 1.61. The SMILES string of the molecule is CC(C)(C)OC(=O)Nc1ccc(F)cc1NC(=O)CCCc1nc2ccccc2s1. The molecule has 0 aliphatic carbocycles. The molecule has 2 aromatic carbocycles. The van der Waals surface area contributed by atoms with E-state index in [1.54, 1.807) is 32.1 Å². The van der Waals surface area contributed by atoms with Gasteiger partial charge in [0.25, 0.3) is 0 Å². The van der Waals surface area contributed by atoms with E-state index in [9.17, 15) is 14.0 Å². The van der Waals surface area contributed by atoms with Crippen LogP contribution in [0.25, 0.3) is 10.2 Å². The van der Waals surface area contributed by atoms with Crippen LogP contribution in [0.3, 0.4) is 0 Å². The van der Waals surface area contributed by atoms with Crippen molar-refractivity contribution in [3.05, 3.63) is 53.3 Å². The smallest absolute Gasteiger partial charge is 0.412 e. The molecule has 2 N–H and O–H groups in total. The molecule has 0 aliphatic heterocycles. The summed E-state index contributed by atoms with van der Waals surface area (Å²) in [7, 11) is 0. The molecule has 0 saturated heterocycles. The van der Waals surface area contributed by atoms with Crippen molar-refractivity contribution in [2.45, 2.75) is 45.6 Å². The number of carbonyl (C=O) groups is 2. The van der Waals surface area contributed by atoms with Crippen LogP contribution in [0.2, 0.25) is 0 Å². The van der Waals surface area contributed by atoms with E-state index in [-0.39, 0.29) is 23.7 Å². The highest BCUT2D eigenvalue weighted by Crippen LogP contribution is 2.25. The molecule has 0 spiro atoms. The number of fused-ring (bicyclic) bond motifs is 1. The molecule has 8 heteroatoms. The van der Waals surface area contributed by atoms with E-state index in [0.717, 1.165) is 21.3 Å². The number of nitrogens with zero attached hydrogens (tertiary/aromatic N) is 1. The maximum Gasteiger partial charge on any atom is 0.412 e. The number of amides is 2. The van der Waals surface area contributed by atoms with Crippen molar-refractivity contribution in [2.24, 2.45) is 0 Å². The standard InChI is InChI=1S/C22H24FN3O3S/c1-22(2,3)29-21(28)26-15-12-11-14(23)13-17(15)24-19(27)9-6-10-20-25-16-7-4-5-8-18(16)30-20/h4-5,7-8,11-13H,6,9-10H2,1-3H3,(H,24,27)(H,26,28). The van der Waals surface area contributed by atoms with Crippen LogP contribution in [-0.4, -0.2) is 22.6 Å². The van der Waals surface area contributed by atoms with Gasteiger partial charge in [-0.05, 0) is 63.9 Å². The maximum atomic E-state index is 13.7. The fraction of sp³-hybridized carbons (Fsp3) is 0.318. The molecule has 1 aromatic heterocycles. The van der Waals surface area contributed by atoms with Crippen molar-refractivity contribution in [1.82, 2.24) is 4.98 Å². The van der Waals surface area contributed by atoms with Gasteiger partial charge in [0.15, 0.2) is 0 Å². The van der Waals surface area contributed by atoms with Gasteiger partial charge >= 0.3 is 6.09 Å². The number of para-hydroxylation sites is 1. The van der Waals surface area contributed by atoms with E-state index >= 15 is 0 Å². The predicted molar refractivity (Wildman–Crippen MR) is 117 cm³/mol. The molecular weight excluding hydrogens is 405 g/mol. The normalized spacial score (nSPS) is 11.3. The van der Waals surface area contributed by atoms with Gasteiger partial charge in [-0.15, -0.1) is 11.3 Å². The number of benzene rings is 2. The van der Waals surface area contributed by atoms with Gasteiger partial charge in [0.05, 0.1) is 26.6 Å². The van der Waals surface area contributed by atoms with Gasteiger partial charge in [-0.1, -0.05) is 12.1 Å². The minimum atomic E-state index is -0.680. The number of hydrogen-bond donors (Lipinski definition) is 2. The van der Waals surface area contributed by atoms with Gasteiger partial charge in [0, 0.05) is 6.42 Å². The summed E-state index contributed by atoms with van der Waals surface area (Å²) in [5, 5.41) is 6.19.